The van der Waals surface area contributed by atoms with Gasteiger partial charge < -0.3 is 0 Å². The fourth-order valence-corrected chi connectivity index (χ4v) is 3.11. The average molecular weight is 317 g/mol. The molecule has 3 aromatic rings. The Morgan fingerprint density at radius 1 is 1.19 bits per heavy atom. The Balaban J connectivity index is 1.87. The van der Waals surface area contributed by atoms with Crippen LogP contribution < -0.4 is 5.43 Å². The number of aromatic nitrogens is 2. The molecule has 21 heavy (non-hydrogen) atoms. The highest BCUT2D eigenvalue weighted by atomic mass is 35.5. The molecule has 0 bridgehead atoms. The van der Waals surface area contributed by atoms with Crippen LogP contribution in [0.15, 0.2) is 35.7 Å². The van der Waals surface area contributed by atoms with Gasteiger partial charge in [-0.2, -0.15) is 5.10 Å². The van der Waals surface area contributed by atoms with Gasteiger partial charge in [-0.05, 0) is 37.1 Å². The number of nitrogens with one attached hydrogen (secondary N) is 1. The Morgan fingerprint density at radius 2 is 1.95 bits per heavy atom. The fourth-order valence-electron chi connectivity index (χ4n) is 1.98. The van der Waals surface area contributed by atoms with Crippen LogP contribution in [0.2, 0.25) is 5.02 Å². The molecule has 0 aliphatic rings. The second-order valence-corrected chi connectivity index (χ2v) is 6.25. The van der Waals surface area contributed by atoms with Gasteiger partial charge in [0, 0.05) is 9.90 Å². The second-order valence-electron chi connectivity index (χ2n) is 4.61. The van der Waals surface area contributed by atoms with E-state index in [2.05, 4.69) is 34.3 Å². The standard InChI is InChI=1S/C15H13ClN4S/c1-9-10(2)21-15-13(9)14(17-8-18-15)20-19-7-11-3-5-12(16)6-4-11/h3-8H,1-2H3,(H,17,18,20)/b19-7-. The number of hydrazone groups is 1. The average Bonchev–Trinajstić information content (AvgIpc) is 2.77. The van der Waals surface area contributed by atoms with Gasteiger partial charge in [-0.3, -0.25) is 5.43 Å². The maximum absolute atomic E-state index is 5.85. The van der Waals surface area contributed by atoms with Crippen molar-refractivity contribution >= 4 is 45.2 Å². The normalized spacial score (nSPS) is 11.4. The van der Waals surface area contributed by atoms with Crippen LogP contribution in [-0.2, 0) is 0 Å². The minimum Gasteiger partial charge on any atom is -0.261 e. The Morgan fingerprint density at radius 3 is 2.71 bits per heavy atom. The van der Waals surface area contributed by atoms with Crippen LogP contribution in [0.5, 0.6) is 0 Å². The van der Waals surface area contributed by atoms with Crippen molar-refractivity contribution in [3.05, 3.63) is 51.6 Å². The largest absolute Gasteiger partial charge is 0.261 e. The topological polar surface area (TPSA) is 50.2 Å². The summed E-state index contributed by atoms with van der Waals surface area (Å²) in [6, 6.07) is 7.47. The zero-order valence-electron chi connectivity index (χ0n) is 11.6. The maximum atomic E-state index is 5.85. The minimum atomic E-state index is 0.710. The second kappa shape index (κ2) is 5.79. The maximum Gasteiger partial charge on any atom is 0.158 e. The Bertz CT molecular complexity index is 808. The number of benzene rings is 1. The van der Waals surface area contributed by atoms with Gasteiger partial charge in [0.1, 0.15) is 11.2 Å². The van der Waals surface area contributed by atoms with Gasteiger partial charge in [-0.15, -0.1) is 11.3 Å². The van der Waals surface area contributed by atoms with Crippen molar-refractivity contribution in [3.8, 4) is 0 Å². The van der Waals surface area contributed by atoms with Crippen molar-refractivity contribution < 1.29 is 0 Å². The monoisotopic (exact) mass is 316 g/mol. The van der Waals surface area contributed by atoms with Crippen LogP contribution in [0.4, 0.5) is 5.82 Å². The number of anilines is 1. The minimum absolute atomic E-state index is 0.710. The third kappa shape index (κ3) is 2.89. The first-order chi connectivity index (χ1) is 10.1. The molecule has 0 atom stereocenters. The summed E-state index contributed by atoms with van der Waals surface area (Å²) in [7, 11) is 0. The number of nitrogens with zero attached hydrogens (tertiary/aromatic N) is 3. The molecule has 6 heteroatoms. The quantitative estimate of drug-likeness (QED) is 0.575. The molecule has 0 spiro atoms. The van der Waals surface area contributed by atoms with Gasteiger partial charge in [0.05, 0.1) is 11.6 Å². The summed E-state index contributed by atoms with van der Waals surface area (Å²) >= 11 is 7.52. The Labute approximate surface area is 131 Å². The third-order valence-corrected chi connectivity index (χ3v) is 4.59. The zero-order chi connectivity index (χ0) is 14.8. The lowest BCUT2D eigenvalue weighted by atomic mass is 10.2. The molecule has 3 rings (SSSR count). The van der Waals surface area contributed by atoms with Crippen LogP contribution in [0.3, 0.4) is 0 Å². The van der Waals surface area contributed by atoms with Gasteiger partial charge in [-0.1, -0.05) is 23.7 Å². The summed E-state index contributed by atoms with van der Waals surface area (Å²) in [5.41, 5.74) is 5.16. The van der Waals surface area contributed by atoms with E-state index in [1.165, 1.54) is 10.4 Å². The van der Waals surface area contributed by atoms with E-state index < -0.39 is 0 Å². The van der Waals surface area contributed by atoms with E-state index in [1.807, 2.05) is 24.3 Å². The molecule has 0 aliphatic carbocycles. The first-order valence-electron chi connectivity index (χ1n) is 6.40. The predicted molar refractivity (Wildman–Crippen MR) is 89.6 cm³/mol. The molecule has 0 saturated heterocycles. The molecule has 0 unspecified atom stereocenters. The molecule has 0 amide bonds. The molecule has 0 radical (unpaired) electrons. The van der Waals surface area contributed by atoms with Crippen LogP contribution in [0, 0.1) is 13.8 Å². The molecule has 2 aromatic heterocycles. The molecular weight excluding hydrogens is 304 g/mol. The summed E-state index contributed by atoms with van der Waals surface area (Å²) in [5, 5.41) is 5.98. The van der Waals surface area contributed by atoms with Gasteiger partial charge in [0.15, 0.2) is 5.82 Å². The van der Waals surface area contributed by atoms with E-state index in [4.69, 9.17) is 11.6 Å². The first-order valence-corrected chi connectivity index (χ1v) is 7.60. The van der Waals surface area contributed by atoms with Crippen molar-refractivity contribution in [1.29, 1.82) is 0 Å². The summed E-state index contributed by atoms with van der Waals surface area (Å²) in [6.45, 7) is 4.16. The highest BCUT2D eigenvalue weighted by Gasteiger charge is 2.10. The third-order valence-electron chi connectivity index (χ3n) is 3.22. The Kier molecular flexibility index (Phi) is 3.86. The number of hydrogen-bond acceptors (Lipinski definition) is 5. The Hall–Kier alpha value is -1.98. The number of halogens is 1. The van der Waals surface area contributed by atoms with Crippen molar-refractivity contribution in [3.63, 3.8) is 0 Å². The highest BCUT2D eigenvalue weighted by Crippen LogP contribution is 2.32. The van der Waals surface area contributed by atoms with Gasteiger partial charge in [0.2, 0.25) is 0 Å². The van der Waals surface area contributed by atoms with E-state index in [0.717, 1.165) is 21.6 Å². The molecular formula is C15H13ClN4S. The number of hydrogen-bond donors (Lipinski definition) is 1. The smallest absolute Gasteiger partial charge is 0.158 e. The van der Waals surface area contributed by atoms with Gasteiger partial charge in [-0.25, -0.2) is 9.97 Å². The molecule has 1 N–H and O–H groups in total. The molecule has 4 nitrogen and oxygen atoms in total. The van der Waals surface area contributed by atoms with Crippen LogP contribution >= 0.6 is 22.9 Å². The molecule has 2 heterocycles. The van der Waals surface area contributed by atoms with Crippen LogP contribution in [0.25, 0.3) is 10.2 Å². The van der Waals surface area contributed by atoms with Crippen LogP contribution in [-0.4, -0.2) is 16.2 Å². The van der Waals surface area contributed by atoms with Gasteiger partial charge in [0.25, 0.3) is 0 Å². The van der Waals surface area contributed by atoms with Crippen molar-refractivity contribution in [2.75, 3.05) is 5.43 Å². The molecule has 0 aliphatic heterocycles. The lowest BCUT2D eigenvalue weighted by Gasteiger charge is -2.01. The number of thiophene rings is 1. The number of rotatable bonds is 3. The highest BCUT2D eigenvalue weighted by molar-refractivity contribution is 7.18. The van der Waals surface area contributed by atoms with E-state index in [1.54, 1.807) is 23.9 Å². The van der Waals surface area contributed by atoms with Crippen molar-refractivity contribution in [2.45, 2.75) is 13.8 Å². The van der Waals surface area contributed by atoms with E-state index in [-0.39, 0.29) is 0 Å². The van der Waals surface area contributed by atoms with E-state index in [9.17, 15) is 0 Å². The first kappa shape index (κ1) is 14.0. The molecule has 0 saturated carbocycles. The lowest BCUT2D eigenvalue weighted by Crippen LogP contribution is -1.95. The predicted octanol–water partition coefficient (Wildman–Crippen LogP) is 4.41. The summed E-state index contributed by atoms with van der Waals surface area (Å²) in [5.74, 6) is 0.729. The number of fused-ring (bicyclic) bond motifs is 1. The molecule has 1 aromatic carbocycles. The number of aryl methyl sites for hydroxylation is 2. The summed E-state index contributed by atoms with van der Waals surface area (Å²) < 4.78 is 0. The SMILES string of the molecule is Cc1sc2ncnc(N/N=C\c3ccc(Cl)cc3)c2c1C. The van der Waals surface area contributed by atoms with Gasteiger partial charge >= 0.3 is 0 Å². The van der Waals surface area contributed by atoms with E-state index in [0.29, 0.717) is 5.02 Å². The zero-order valence-corrected chi connectivity index (χ0v) is 13.2. The van der Waals surface area contributed by atoms with Crippen LogP contribution in [0.1, 0.15) is 16.0 Å². The van der Waals surface area contributed by atoms with E-state index >= 15 is 0 Å². The van der Waals surface area contributed by atoms with Crippen molar-refractivity contribution in [1.82, 2.24) is 9.97 Å². The lowest BCUT2D eigenvalue weighted by molar-refractivity contribution is 1.19. The summed E-state index contributed by atoms with van der Waals surface area (Å²) in [6.07, 6.45) is 3.29. The summed E-state index contributed by atoms with van der Waals surface area (Å²) in [4.78, 5) is 10.8. The molecule has 0 fully saturated rings. The fraction of sp³-hybridized carbons (Fsp3) is 0.133. The van der Waals surface area contributed by atoms with Crippen molar-refractivity contribution in [2.24, 2.45) is 5.10 Å². The molecule has 106 valence electrons.